The van der Waals surface area contributed by atoms with E-state index in [2.05, 4.69) is 0 Å². The maximum Gasteiger partial charge on any atom is 0.309 e. The number of halogens is 1. The van der Waals surface area contributed by atoms with Crippen LogP contribution in [-0.4, -0.2) is 26.2 Å². The Morgan fingerprint density at radius 3 is 2.82 bits per heavy atom. The maximum atomic E-state index is 14.7. The number of hydrogen-bond acceptors (Lipinski definition) is 6. The van der Waals surface area contributed by atoms with Crippen molar-refractivity contribution in [3.8, 4) is 11.4 Å². The highest BCUT2D eigenvalue weighted by atomic mass is 19.1. The van der Waals surface area contributed by atoms with Crippen molar-refractivity contribution in [2.45, 2.75) is 70.7 Å². The number of fused-ring (bicyclic) bond motifs is 5. The Kier molecular flexibility index (Phi) is 4.54. The zero-order chi connectivity index (χ0) is 23.9. The quantitative estimate of drug-likeness (QED) is 0.420. The van der Waals surface area contributed by atoms with Crippen molar-refractivity contribution in [3.63, 3.8) is 0 Å². The fourth-order valence-electron chi connectivity index (χ4n) is 5.88. The van der Waals surface area contributed by atoms with Gasteiger partial charge in [-0.2, -0.15) is 0 Å². The van der Waals surface area contributed by atoms with Gasteiger partial charge in [0.25, 0.3) is 5.56 Å². The summed E-state index contributed by atoms with van der Waals surface area (Å²) in [5.74, 6) is -0.809. The molecule has 8 heteroatoms. The van der Waals surface area contributed by atoms with Crippen LogP contribution >= 0.6 is 0 Å². The molecular formula is C26H26FN3O4. The molecule has 0 saturated carbocycles. The van der Waals surface area contributed by atoms with Crippen molar-refractivity contribution in [2.75, 3.05) is 0 Å². The van der Waals surface area contributed by atoms with Gasteiger partial charge in [0.15, 0.2) is 0 Å². The summed E-state index contributed by atoms with van der Waals surface area (Å²) in [7, 11) is 0. The van der Waals surface area contributed by atoms with Crippen LogP contribution in [0.3, 0.4) is 0 Å². The minimum atomic E-state index is -1.29. The summed E-state index contributed by atoms with van der Waals surface area (Å²) in [5, 5.41) is 11.9. The number of carbonyl (C=O) groups is 1. The Morgan fingerprint density at radius 2 is 2.06 bits per heavy atom. The van der Waals surface area contributed by atoms with Crippen molar-refractivity contribution >= 4 is 16.9 Å². The molecule has 7 nitrogen and oxygen atoms in total. The van der Waals surface area contributed by atoms with Crippen LogP contribution in [0.25, 0.3) is 22.3 Å². The third kappa shape index (κ3) is 2.91. The Labute approximate surface area is 195 Å². The van der Waals surface area contributed by atoms with Gasteiger partial charge in [0, 0.05) is 29.5 Å². The van der Waals surface area contributed by atoms with Crippen LogP contribution in [0.5, 0.6) is 0 Å². The molecule has 2 atom stereocenters. The number of aromatic nitrogens is 2. The lowest BCUT2D eigenvalue weighted by Gasteiger charge is -2.29. The second-order valence-corrected chi connectivity index (χ2v) is 9.87. The average molecular weight is 464 g/mol. The Morgan fingerprint density at radius 1 is 1.26 bits per heavy atom. The molecule has 3 aromatic rings. The first-order valence-electron chi connectivity index (χ1n) is 11.7. The van der Waals surface area contributed by atoms with Crippen LogP contribution < -0.4 is 11.3 Å². The summed E-state index contributed by atoms with van der Waals surface area (Å²) >= 11 is 0. The van der Waals surface area contributed by atoms with Crippen molar-refractivity contribution in [3.05, 3.63) is 61.7 Å². The third-order valence-corrected chi connectivity index (χ3v) is 7.90. The molecule has 0 spiro atoms. The van der Waals surface area contributed by atoms with Gasteiger partial charge in [0.2, 0.25) is 0 Å². The molecule has 0 fully saturated rings. The molecule has 3 aliphatic rings. The largest absolute Gasteiger partial charge is 0.460 e. The van der Waals surface area contributed by atoms with Crippen LogP contribution in [0.1, 0.15) is 65.6 Å². The van der Waals surface area contributed by atoms with Crippen LogP contribution in [-0.2, 0) is 35.5 Å². The van der Waals surface area contributed by atoms with Gasteiger partial charge in [-0.3, -0.25) is 9.59 Å². The van der Waals surface area contributed by atoms with E-state index in [0.717, 1.165) is 22.1 Å². The number of rotatable bonds is 1. The van der Waals surface area contributed by atoms with Gasteiger partial charge in [-0.05, 0) is 54.5 Å². The third-order valence-electron chi connectivity index (χ3n) is 7.90. The molecule has 0 amide bonds. The monoisotopic (exact) mass is 463 g/mol. The molecule has 1 aliphatic carbocycles. The Bertz CT molecular complexity index is 1480. The number of nitrogens with zero attached hydrogens (tertiary/aromatic N) is 2. The predicted molar refractivity (Wildman–Crippen MR) is 124 cm³/mol. The number of carbonyl (C=O) groups excluding carboxylic acids is 1. The molecule has 2 aromatic heterocycles. The minimum absolute atomic E-state index is 0.124. The maximum absolute atomic E-state index is 14.7. The lowest BCUT2D eigenvalue weighted by Crippen LogP contribution is -2.38. The van der Waals surface area contributed by atoms with Crippen molar-refractivity contribution in [2.24, 2.45) is 5.73 Å². The van der Waals surface area contributed by atoms with E-state index >= 15 is 0 Å². The lowest BCUT2D eigenvalue weighted by atomic mass is 9.82. The highest BCUT2D eigenvalue weighted by molar-refractivity contribution is 5.92. The normalized spacial score (nSPS) is 23.1. The molecular weight excluding hydrogens is 437 g/mol. The number of benzene rings is 1. The molecule has 1 aromatic carbocycles. The summed E-state index contributed by atoms with van der Waals surface area (Å²) in [6.07, 6.45) is 1.78. The highest BCUT2D eigenvalue weighted by Gasteiger charge is 2.37. The second-order valence-electron chi connectivity index (χ2n) is 9.87. The first-order valence-corrected chi connectivity index (χ1v) is 11.7. The molecule has 0 unspecified atom stereocenters. The zero-order valence-electron chi connectivity index (χ0n) is 19.2. The average Bonchev–Trinajstić information content (AvgIpc) is 3.15. The van der Waals surface area contributed by atoms with Gasteiger partial charge in [-0.15, -0.1) is 0 Å². The van der Waals surface area contributed by atoms with Crippen LogP contribution in [0.4, 0.5) is 4.39 Å². The van der Waals surface area contributed by atoms with Gasteiger partial charge >= 0.3 is 5.97 Å². The van der Waals surface area contributed by atoms with Gasteiger partial charge in [-0.25, -0.2) is 9.37 Å². The molecule has 0 bridgehead atoms. The molecule has 3 N–H and O–H groups in total. The first-order chi connectivity index (χ1) is 16.2. The fourth-order valence-corrected chi connectivity index (χ4v) is 5.88. The number of pyridine rings is 2. The van der Waals surface area contributed by atoms with Gasteiger partial charge in [-0.1, -0.05) is 6.92 Å². The molecule has 0 saturated heterocycles. The van der Waals surface area contributed by atoms with E-state index in [9.17, 15) is 19.1 Å². The van der Waals surface area contributed by atoms with Crippen molar-refractivity contribution in [1.82, 2.24) is 9.55 Å². The van der Waals surface area contributed by atoms with E-state index in [0.29, 0.717) is 59.4 Å². The number of aliphatic hydroxyl groups is 1. The van der Waals surface area contributed by atoms with Crippen LogP contribution in [0.2, 0.25) is 0 Å². The van der Waals surface area contributed by atoms with Crippen molar-refractivity contribution in [1.29, 1.82) is 0 Å². The molecule has 0 radical (unpaired) electrons. The van der Waals surface area contributed by atoms with E-state index in [1.54, 1.807) is 18.4 Å². The summed E-state index contributed by atoms with van der Waals surface area (Å²) in [4.78, 5) is 30.6. The fraction of sp³-hybridized carbons (Fsp3) is 0.423. The van der Waals surface area contributed by atoms with E-state index < -0.39 is 11.6 Å². The smallest absolute Gasteiger partial charge is 0.309 e. The summed E-state index contributed by atoms with van der Waals surface area (Å²) in [6.45, 7) is 3.77. The number of ether oxygens (including phenoxy) is 1. The topological polar surface area (TPSA) is 107 Å². The van der Waals surface area contributed by atoms with E-state index in [4.69, 9.17) is 15.5 Å². The number of nitrogens with two attached hydrogens (primary N) is 1. The molecule has 4 heterocycles. The SMILES string of the molecule is CC[C@@]1(O)CC(=O)OCc2c(cc3n(c2=O)Cc2c-3nc3cc(F)c(C)c4c3c2[C@@H](N)CC4)C1. The lowest BCUT2D eigenvalue weighted by molar-refractivity contribution is -0.151. The van der Waals surface area contributed by atoms with Gasteiger partial charge in [0.05, 0.1) is 41.0 Å². The van der Waals surface area contributed by atoms with E-state index in [1.165, 1.54) is 6.07 Å². The van der Waals surface area contributed by atoms with Crippen molar-refractivity contribution < 1.29 is 19.0 Å². The van der Waals surface area contributed by atoms with Gasteiger partial charge in [0.1, 0.15) is 12.4 Å². The number of hydrogen-bond donors (Lipinski definition) is 2. The van der Waals surface area contributed by atoms with E-state index in [1.807, 2.05) is 6.07 Å². The number of aryl methyl sites for hydroxylation is 1. The highest BCUT2D eigenvalue weighted by Crippen LogP contribution is 2.44. The standard InChI is InChI=1S/C26H26FN3O4/c1-3-26(33)8-13-6-20-24-15(10-30(20)25(32)16(13)11-34-21(31)9-26)22-18(28)5-4-14-12(2)17(27)7-19(29-24)23(14)22/h6-7,18,33H,3-5,8-11,28H2,1-2H3/t18-,26-/m0/s1. The summed E-state index contributed by atoms with van der Waals surface area (Å²) in [6, 6.07) is 3.10. The Hall–Kier alpha value is -3.10. The summed E-state index contributed by atoms with van der Waals surface area (Å²) < 4.78 is 21.7. The van der Waals surface area contributed by atoms with Crippen LogP contribution in [0.15, 0.2) is 16.9 Å². The molecule has 176 valence electrons. The van der Waals surface area contributed by atoms with Crippen LogP contribution in [0, 0.1) is 12.7 Å². The Balaban J connectivity index is 1.62. The molecule has 6 rings (SSSR count). The minimum Gasteiger partial charge on any atom is -0.460 e. The number of cyclic esters (lactones) is 1. The summed E-state index contributed by atoms with van der Waals surface area (Å²) in [5.41, 5.74) is 11.3. The number of esters is 1. The molecule has 34 heavy (non-hydrogen) atoms. The van der Waals surface area contributed by atoms with Gasteiger partial charge < -0.3 is 20.1 Å². The first kappa shape index (κ1) is 21.4. The predicted octanol–water partition coefficient (Wildman–Crippen LogP) is 2.95. The molecule has 2 aliphatic heterocycles. The van der Waals surface area contributed by atoms with E-state index in [-0.39, 0.29) is 36.9 Å². The second kappa shape index (κ2) is 7.20. The zero-order valence-corrected chi connectivity index (χ0v) is 19.2.